The number of rotatable bonds is 5. The summed E-state index contributed by atoms with van der Waals surface area (Å²) in [5.41, 5.74) is 1.98. The second kappa shape index (κ2) is 9.22. The molecular weight excluding hydrogens is 334 g/mol. The Balaban J connectivity index is 1.94. The number of hydrogen-bond donors (Lipinski definition) is 2. The van der Waals surface area contributed by atoms with E-state index in [9.17, 15) is 14.4 Å². The van der Waals surface area contributed by atoms with Crippen molar-refractivity contribution in [3.05, 3.63) is 29.3 Å². The fourth-order valence-corrected chi connectivity index (χ4v) is 3.09. The number of hydrogen-bond acceptors (Lipinski definition) is 4. The molecule has 0 heterocycles. The largest absolute Gasteiger partial charge is 0.453 e. The maximum Gasteiger partial charge on any atom is 0.409 e. The number of aryl methyl sites for hydroxylation is 1. The highest BCUT2D eigenvalue weighted by Gasteiger charge is 2.18. The Morgan fingerprint density at radius 3 is 2.50 bits per heavy atom. The quantitative estimate of drug-likeness (QED) is 0.844. The molecule has 2 N–H and O–H groups in total. The molecule has 7 nitrogen and oxygen atoms in total. The van der Waals surface area contributed by atoms with E-state index in [1.807, 2.05) is 6.92 Å². The van der Waals surface area contributed by atoms with Gasteiger partial charge in [0.15, 0.2) is 0 Å². The van der Waals surface area contributed by atoms with Crippen molar-refractivity contribution in [3.63, 3.8) is 0 Å². The van der Waals surface area contributed by atoms with Gasteiger partial charge in [-0.05, 0) is 43.5 Å². The Kier molecular flexibility index (Phi) is 7.00. The van der Waals surface area contributed by atoms with E-state index in [0.717, 1.165) is 31.2 Å². The van der Waals surface area contributed by atoms with Gasteiger partial charge in [0.25, 0.3) is 5.91 Å². The maximum atomic E-state index is 12.4. The predicted octanol–water partition coefficient (Wildman–Crippen LogP) is 2.69. The minimum absolute atomic E-state index is 0.0803. The lowest BCUT2D eigenvalue weighted by molar-refractivity contribution is -0.116. The zero-order valence-corrected chi connectivity index (χ0v) is 15.6. The number of carbonyl (C=O) groups excluding carboxylic acids is 3. The molecule has 0 radical (unpaired) electrons. The average Bonchev–Trinajstić information content (AvgIpc) is 2.63. The van der Waals surface area contributed by atoms with E-state index >= 15 is 0 Å². The van der Waals surface area contributed by atoms with Crippen molar-refractivity contribution in [3.8, 4) is 0 Å². The summed E-state index contributed by atoms with van der Waals surface area (Å²) in [5.74, 6) is -0.413. The standard InChI is InChI=1S/C19H27N3O4/c1-13-11-14(18(24)20-15-7-5-4-6-8-15)9-10-16(13)21-17(23)12-22(2)19(25)26-3/h9-11,15H,4-8,12H2,1-3H3,(H,20,24)(H,21,23). The zero-order valence-electron chi connectivity index (χ0n) is 15.6. The van der Waals surface area contributed by atoms with Crippen molar-refractivity contribution in [1.29, 1.82) is 0 Å². The molecule has 1 aliphatic carbocycles. The Morgan fingerprint density at radius 2 is 1.88 bits per heavy atom. The SMILES string of the molecule is COC(=O)N(C)CC(=O)Nc1ccc(C(=O)NC2CCCCC2)cc1C. The zero-order chi connectivity index (χ0) is 19.1. The molecule has 1 aromatic carbocycles. The predicted molar refractivity (Wildman–Crippen MR) is 99.2 cm³/mol. The van der Waals surface area contributed by atoms with E-state index in [1.54, 1.807) is 18.2 Å². The van der Waals surface area contributed by atoms with Gasteiger partial charge < -0.3 is 20.3 Å². The van der Waals surface area contributed by atoms with E-state index in [2.05, 4.69) is 15.4 Å². The van der Waals surface area contributed by atoms with Crippen molar-refractivity contribution in [1.82, 2.24) is 10.2 Å². The van der Waals surface area contributed by atoms with Crippen LogP contribution in [0.25, 0.3) is 0 Å². The molecule has 0 unspecified atom stereocenters. The molecule has 2 rings (SSSR count). The molecule has 0 saturated heterocycles. The van der Waals surface area contributed by atoms with Gasteiger partial charge in [-0.15, -0.1) is 0 Å². The number of amides is 3. The third kappa shape index (κ3) is 5.47. The summed E-state index contributed by atoms with van der Waals surface area (Å²) < 4.78 is 4.55. The van der Waals surface area contributed by atoms with Crippen molar-refractivity contribution < 1.29 is 19.1 Å². The van der Waals surface area contributed by atoms with Gasteiger partial charge in [0.1, 0.15) is 6.54 Å². The van der Waals surface area contributed by atoms with Crippen molar-refractivity contribution in [2.45, 2.75) is 45.1 Å². The Morgan fingerprint density at radius 1 is 1.19 bits per heavy atom. The highest BCUT2D eigenvalue weighted by molar-refractivity contribution is 5.97. The first-order valence-corrected chi connectivity index (χ1v) is 8.91. The molecule has 1 aromatic rings. The number of likely N-dealkylation sites (N-methyl/N-ethyl adjacent to an activating group) is 1. The van der Waals surface area contributed by atoms with E-state index in [-0.39, 0.29) is 24.4 Å². The summed E-state index contributed by atoms with van der Waals surface area (Å²) >= 11 is 0. The van der Waals surface area contributed by atoms with Crippen LogP contribution in [0, 0.1) is 6.92 Å². The lowest BCUT2D eigenvalue weighted by Gasteiger charge is -2.23. The molecule has 3 amide bonds. The molecule has 0 bridgehead atoms. The minimum Gasteiger partial charge on any atom is -0.453 e. The first kappa shape index (κ1) is 19.8. The summed E-state index contributed by atoms with van der Waals surface area (Å²) in [5, 5.41) is 5.83. The van der Waals surface area contributed by atoms with Crippen molar-refractivity contribution >= 4 is 23.6 Å². The van der Waals surface area contributed by atoms with Crippen LogP contribution in [0.2, 0.25) is 0 Å². The smallest absolute Gasteiger partial charge is 0.409 e. The van der Waals surface area contributed by atoms with Gasteiger partial charge in [-0.25, -0.2) is 4.79 Å². The fourth-order valence-electron chi connectivity index (χ4n) is 3.09. The lowest BCUT2D eigenvalue weighted by atomic mass is 9.95. The van der Waals surface area contributed by atoms with Crippen molar-refractivity contribution in [2.75, 3.05) is 26.0 Å². The van der Waals surface area contributed by atoms with Crippen LogP contribution in [0.4, 0.5) is 10.5 Å². The van der Waals surface area contributed by atoms with E-state index in [1.165, 1.54) is 25.5 Å². The van der Waals surface area contributed by atoms with Gasteiger partial charge >= 0.3 is 6.09 Å². The Hall–Kier alpha value is -2.57. The van der Waals surface area contributed by atoms with Crippen LogP contribution in [-0.4, -0.2) is 49.6 Å². The second-order valence-electron chi connectivity index (χ2n) is 6.71. The molecule has 142 valence electrons. The lowest BCUT2D eigenvalue weighted by Crippen LogP contribution is -2.36. The first-order chi connectivity index (χ1) is 12.4. The van der Waals surface area contributed by atoms with Gasteiger partial charge in [-0.2, -0.15) is 0 Å². The van der Waals surface area contributed by atoms with Crippen LogP contribution in [0.15, 0.2) is 18.2 Å². The minimum atomic E-state index is -0.577. The first-order valence-electron chi connectivity index (χ1n) is 8.91. The summed E-state index contributed by atoms with van der Waals surface area (Å²) in [6.07, 6.45) is 5.06. The average molecular weight is 361 g/mol. The monoisotopic (exact) mass is 361 g/mol. The Labute approximate surface area is 154 Å². The highest BCUT2D eigenvalue weighted by Crippen LogP contribution is 2.20. The maximum absolute atomic E-state index is 12.4. The highest BCUT2D eigenvalue weighted by atomic mass is 16.5. The third-order valence-corrected chi connectivity index (χ3v) is 4.57. The molecule has 1 saturated carbocycles. The number of methoxy groups -OCH3 is 1. The molecule has 0 aliphatic heterocycles. The van der Waals surface area contributed by atoms with Crippen LogP contribution in [0.3, 0.4) is 0 Å². The van der Waals surface area contributed by atoms with Crippen LogP contribution >= 0.6 is 0 Å². The number of nitrogens with one attached hydrogen (secondary N) is 2. The second-order valence-corrected chi connectivity index (χ2v) is 6.71. The summed E-state index contributed by atoms with van der Waals surface area (Å²) in [6, 6.07) is 5.42. The number of nitrogens with zero attached hydrogens (tertiary/aromatic N) is 1. The molecule has 0 atom stereocenters. The third-order valence-electron chi connectivity index (χ3n) is 4.57. The molecular formula is C19H27N3O4. The molecule has 26 heavy (non-hydrogen) atoms. The van der Waals surface area contributed by atoms with E-state index in [0.29, 0.717) is 11.3 Å². The molecule has 1 fully saturated rings. The van der Waals surface area contributed by atoms with Gasteiger partial charge in [0, 0.05) is 24.3 Å². The Bertz CT molecular complexity index is 669. The molecule has 0 aromatic heterocycles. The molecule has 7 heteroatoms. The number of carbonyl (C=O) groups is 3. The summed E-state index contributed by atoms with van der Waals surface area (Å²) in [6.45, 7) is 1.72. The van der Waals surface area contributed by atoms with E-state index < -0.39 is 6.09 Å². The van der Waals surface area contributed by atoms with Gasteiger partial charge in [-0.3, -0.25) is 9.59 Å². The van der Waals surface area contributed by atoms with Crippen LogP contribution in [-0.2, 0) is 9.53 Å². The van der Waals surface area contributed by atoms with Crippen LogP contribution in [0.5, 0.6) is 0 Å². The van der Waals surface area contributed by atoms with Crippen molar-refractivity contribution in [2.24, 2.45) is 0 Å². The normalized spacial score (nSPS) is 14.4. The van der Waals surface area contributed by atoms with Gasteiger partial charge in [0.2, 0.25) is 5.91 Å². The fraction of sp³-hybridized carbons (Fsp3) is 0.526. The molecule has 0 spiro atoms. The number of anilines is 1. The summed E-state index contributed by atoms with van der Waals surface area (Å²) in [4.78, 5) is 36.9. The van der Waals surface area contributed by atoms with Gasteiger partial charge in [0.05, 0.1) is 7.11 Å². The topological polar surface area (TPSA) is 87.7 Å². The molecule has 1 aliphatic rings. The summed E-state index contributed by atoms with van der Waals surface area (Å²) in [7, 11) is 2.74. The van der Waals surface area contributed by atoms with Crippen LogP contribution < -0.4 is 10.6 Å². The van der Waals surface area contributed by atoms with Gasteiger partial charge in [-0.1, -0.05) is 19.3 Å². The number of benzene rings is 1. The van der Waals surface area contributed by atoms with E-state index in [4.69, 9.17) is 0 Å². The van der Waals surface area contributed by atoms with Crippen LogP contribution in [0.1, 0.15) is 48.0 Å². The number of ether oxygens (including phenoxy) is 1.